The molecule has 0 saturated carbocycles. The fraction of sp³-hybridized carbons (Fsp3) is 0.458. The predicted octanol–water partition coefficient (Wildman–Crippen LogP) is 4.50. The summed E-state index contributed by atoms with van der Waals surface area (Å²) in [7, 11) is -3.56. The zero-order valence-corrected chi connectivity index (χ0v) is 19.4. The SMILES string of the molecule is CC(NC(=O)C1CCN(S(=O)(=O)c2ccc(Cl)cc2)CC1)c1ccc2c(c1)CCCC2. The van der Waals surface area contributed by atoms with Crippen molar-refractivity contribution in [1.29, 1.82) is 0 Å². The first kappa shape index (κ1) is 22.3. The first-order valence-electron chi connectivity index (χ1n) is 11.0. The maximum absolute atomic E-state index is 12.8. The van der Waals surface area contributed by atoms with Crippen LogP contribution in [0.1, 0.15) is 55.3 Å². The molecule has 1 N–H and O–H groups in total. The van der Waals surface area contributed by atoms with Gasteiger partial charge in [-0.1, -0.05) is 29.8 Å². The molecule has 1 amide bonds. The van der Waals surface area contributed by atoms with Crippen LogP contribution >= 0.6 is 11.6 Å². The average Bonchev–Trinajstić information content (AvgIpc) is 2.79. The van der Waals surface area contributed by atoms with Crippen LogP contribution in [0.15, 0.2) is 47.4 Å². The van der Waals surface area contributed by atoms with Gasteiger partial charge in [-0.25, -0.2) is 8.42 Å². The third kappa shape index (κ3) is 4.97. The lowest BCUT2D eigenvalue weighted by atomic mass is 9.89. The molecule has 2 aromatic carbocycles. The molecule has 0 spiro atoms. The molecule has 0 bridgehead atoms. The Labute approximate surface area is 189 Å². The molecule has 4 rings (SSSR count). The van der Waals surface area contributed by atoms with Crippen molar-refractivity contribution < 1.29 is 13.2 Å². The number of nitrogens with one attached hydrogen (secondary N) is 1. The van der Waals surface area contributed by atoms with Gasteiger partial charge in [-0.3, -0.25) is 4.79 Å². The van der Waals surface area contributed by atoms with E-state index in [9.17, 15) is 13.2 Å². The number of amides is 1. The third-order valence-corrected chi connectivity index (χ3v) is 8.67. The molecule has 31 heavy (non-hydrogen) atoms. The topological polar surface area (TPSA) is 66.5 Å². The summed E-state index contributed by atoms with van der Waals surface area (Å²) in [6.07, 6.45) is 5.79. The van der Waals surface area contributed by atoms with Crippen molar-refractivity contribution in [3.8, 4) is 0 Å². The summed E-state index contributed by atoms with van der Waals surface area (Å²) in [4.78, 5) is 13.1. The molecule has 1 aliphatic carbocycles. The number of aryl methyl sites for hydroxylation is 2. The van der Waals surface area contributed by atoms with E-state index in [1.807, 2.05) is 6.92 Å². The quantitative estimate of drug-likeness (QED) is 0.714. The molecule has 0 aromatic heterocycles. The minimum Gasteiger partial charge on any atom is -0.349 e. The van der Waals surface area contributed by atoms with Crippen molar-refractivity contribution >= 4 is 27.5 Å². The average molecular weight is 461 g/mol. The number of halogens is 1. The van der Waals surface area contributed by atoms with Crippen LogP contribution in [0.5, 0.6) is 0 Å². The second-order valence-electron chi connectivity index (χ2n) is 8.60. The van der Waals surface area contributed by atoms with E-state index in [1.54, 1.807) is 12.1 Å². The maximum atomic E-state index is 12.8. The Bertz CT molecular complexity index is 1040. The molecule has 7 heteroatoms. The fourth-order valence-electron chi connectivity index (χ4n) is 4.55. The largest absolute Gasteiger partial charge is 0.349 e. The van der Waals surface area contributed by atoms with E-state index >= 15 is 0 Å². The number of hydrogen-bond donors (Lipinski definition) is 1. The van der Waals surface area contributed by atoms with Crippen LogP contribution in [0.3, 0.4) is 0 Å². The normalized spacial score (nSPS) is 18.9. The van der Waals surface area contributed by atoms with Crippen molar-refractivity contribution in [2.75, 3.05) is 13.1 Å². The van der Waals surface area contributed by atoms with Gasteiger partial charge in [0.05, 0.1) is 10.9 Å². The highest BCUT2D eigenvalue weighted by atomic mass is 35.5. The Balaban J connectivity index is 1.34. The Morgan fingerprint density at radius 2 is 1.68 bits per heavy atom. The number of sulfonamides is 1. The maximum Gasteiger partial charge on any atom is 0.243 e. The number of rotatable bonds is 5. The van der Waals surface area contributed by atoms with Crippen LogP contribution in [0.2, 0.25) is 5.02 Å². The third-order valence-electron chi connectivity index (χ3n) is 6.51. The second-order valence-corrected chi connectivity index (χ2v) is 11.0. The van der Waals surface area contributed by atoms with Crippen LogP contribution < -0.4 is 5.32 Å². The molecule has 1 fully saturated rings. The first-order valence-corrected chi connectivity index (χ1v) is 12.8. The lowest BCUT2D eigenvalue weighted by molar-refractivity contribution is -0.126. The lowest BCUT2D eigenvalue weighted by Crippen LogP contribution is -2.43. The van der Waals surface area contributed by atoms with Gasteiger partial charge in [-0.2, -0.15) is 4.31 Å². The van der Waals surface area contributed by atoms with Crippen LogP contribution in [0, 0.1) is 5.92 Å². The molecule has 2 aromatic rings. The summed E-state index contributed by atoms with van der Waals surface area (Å²) in [6.45, 7) is 2.70. The summed E-state index contributed by atoms with van der Waals surface area (Å²) >= 11 is 5.87. The van der Waals surface area contributed by atoms with E-state index in [0.717, 1.165) is 18.4 Å². The number of fused-ring (bicyclic) bond motifs is 1. The Hall–Kier alpha value is -1.89. The summed E-state index contributed by atoms with van der Waals surface area (Å²) < 4.78 is 27.1. The van der Waals surface area contributed by atoms with Gasteiger partial charge in [0, 0.05) is 24.0 Å². The molecule has 1 saturated heterocycles. The van der Waals surface area contributed by atoms with Crippen molar-refractivity contribution in [3.63, 3.8) is 0 Å². The molecule has 5 nitrogen and oxygen atoms in total. The fourth-order valence-corrected chi connectivity index (χ4v) is 6.15. The molecule has 166 valence electrons. The number of hydrogen-bond acceptors (Lipinski definition) is 3. The van der Waals surface area contributed by atoms with Crippen LogP contribution in [-0.4, -0.2) is 31.7 Å². The van der Waals surface area contributed by atoms with Crippen LogP contribution in [0.4, 0.5) is 0 Å². The second kappa shape index (κ2) is 9.31. The Morgan fingerprint density at radius 3 is 2.35 bits per heavy atom. The summed E-state index contributed by atoms with van der Waals surface area (Å²) in [6, 6.07) is 12.7. The molecular formula is C24H29ClN2O3S. The van der Waals surface area contributed by atoms with Gasteiger partial charge in [0.15, 0.2) is 0 Å². The minimum atomic E-state index is -3.56. The van der Waals surface area contributed by atoms with E-state index in [1.165, 1.54) is 40.4 Å². The minimum absolute atomic E-state index is 0.00811. The van der Waals surface area contributed by atoms with Gasteiger partial charge >= 0.3 is 0 Å². The van der Waals surface area contributed by atoms with E-state index in [2.05, 4.69) is 23.5 Å². The highest BCUT2D eigenvalue weighted by Crippen LogP contribution is 2.27. The smallest absolute Gasteiger partial charge is 0.243 e. The van der Waals surface area contributed by atoms with Crippen molar-refractivity contribution in [2.24, 2.45) is 5.92 Å². The zero-order chi connectivity index (χ0) is 22.0. The van der Waals surface area contributed by atoms with Gasteiger partial charge < -0.3 is 5.32 Å². The van der Waals surface area contributed by atoms with Crippen molar-refractivity contribution in [2.45, 2.75) is 56.4 Å². The molecule has 0 radical (unpaired) electrons. The van der Waals surface area contributed by atoms with Gasteiger partial charge in [-0.05, 0) is 86.4 Å². The summed E-state index contributed by atoms with van der Waals surface area (Å²) in [5.41, 5.74) is 3.98. The Kier molecular flexibility index (Phi) is 6.70. The highest BCUT2D eigenvalue weighted by Gasteiger charge is 2.32. The molecule has 1 heterocycles. The standard InChI is InChI=1S/C24H29ClN2O3S/c1-17(20-7-6-18-4-2-3-5-21(18)16-20)26-24(28)19-12-14-27(15-13-19)31(29,30)23-10-8-22(25)9-11-23/h6-11,16-17,19H,2-5,12-15H2,1H3,(H,26,28). The Morgan fingerprint density at radius 1 is 1.03 bits per heavy atom. The van der Waals surface area contributed by atoms with E-state index < -0.39 is 10.0 Å². The number of piperidine rings is 1. The summed E-state index contributed by atoms with van der Waals surface area (Å²) in [5.74, 6) is -0.162. The molecule has 1 atom stereocenters. The summed E-state index contributed by atoms with van der Waals surface area (Å²) in [5, 5.41) is 3.64. The molecular weight excluding hydrogens is 432 g/mol. The van der Waals surface area contributed by atoms with Crippen LogP contribution in [0.25, 0.3) is 0 Å². The number of nitrogens with zero attached hydrogens (tertiary/aromatic N) is 1. The van der Waals surface area contributed by atoms with E-state index in [0.29, 0.717) is 31.0 Å². The van der Waals surface area contributed by atoms with Crippen molar-refractivity contribution in [1.82, 2.24) is 9.62 Å². The predicted molar refractivity (Wildman–Crippen MR) is 123 cm³/mol. The van der Waals surface area contributed by atoms with E-state index in [4.69, 9.17) is 11.6 Å². The number of carbonyl (C=O) groups excluding carboxylic acids is 1. The van der Waals surface area contributed by atoms with Gasteiger partial charge in [0.2, 0.25) is 15.9 Å². The lowest BCUT2D eigenvalue weighted by Gasteiger charge is -2.31. The molecule has 1 unspecified atom stereocenters. The number of carbonyl (C=O) groups is 1. The van der Waals surface area contributed by atoms with Gasteiger partial charge in [-0.15, -0.1) is 0 Å². The zero-order valence-electron chi connectivity index (χ0n) is 17.8. The molecule has 2 aliphatic rings. The van der Waals surface area contributed by atoms with Gasteiger partial charge in [0.1, 0.15) is 0 Å². The van der Waals surface area contributed by atoms with E-state index in [-0.39, 0.29) is 22.8 Å². The highest BCUT2D eigenvalue weighted by molar-refractivity contribution is 7.89. The van der Waals surface area contributed by atoms with Crippen LogP contribution in [-0.2, 0) is 27.7 Å². The first-order chi connectivity index (χ1) is 14.8. The number of benzene rings is 2. The van der Waals surface area contributed by atoms with Gasteiger partial charge in [0.25, 0.3) is 0 Å². The monoisotopic (exact) mass is 460 g/mol. The van der Waals surface area contributed by atoms with Crippen molar-refractivity contribution in [3.05, 3.63) is 64.2 Å². The molecule has 1 aliphatic heterocycles.